The van der Waals surface area contributed by atoms with Gasteiger partial charge in [0, 0.05) is 12.8 Å². The standard InChI is InChI=1S/C18H26O5/c1(5-15-9-19-15)3-13(7-17-11-21-17)23-14(8-18-12-22-18)4-2-6-16-10-20-16/h1-4,13-18H,5-12H2. The molecule has 4 aliphatic heterocycles. The third-order valence-corrected chi connectivity index (χ3v) is 4.45. The average molecular weight is 322 g/mol. The van der Waals surface area contributed by atoms with Crippen LogP contribution in [-0.2, 0) is 23.7 Å². The lowest BCUT2D eigenvalue weighted by Crippen LogP contribution is -2.22. The van der Waals surface area contributed by atoms with Crippen molar-refractivity contribution in [3.05, 3.63) is 24.3 Å². The zero-order valence-electron chi connectivity index (χ0n) is 13.5. The lowest BCUT2D eigenvalue weighted by atomic mass is 10.1. The van der Waals surface area contributed by atoms with Gasteiger partial charge in [-0.1, -0.05) is 24.3 Å². The second-order valence-corrected chi connectivity index (χ2v) is 6.83. The zero-order valence-corrected chi connectivity index (χ0v) is 13.5. The van der Waals surface area contributed by atoms with Crippen molar-refractivity contribution in [2.75, 3.05) is 26.4 Å². The molecule has 0 bridgehead atoms. The number of epoxide rings is 4. The molecule has 4 saturated heterocycles. The van der Waals surface area contributed by atoms with Crippen molar-refractivity contribution in [1.29, 1.82) is 0 Å². The summed E-state index contributed by atoms with van der Waals surface area (Å²) in [5.41, 5.74) is 0. The topological polar surface area (TPSA) is 59.4 Å². The molecule has 4 heterocycles. The Morgan fingerprint density at radius 1 is 0.696 bits per heavy atom. The van der Waals surface area contributed by atoms with E-state index in [9.17, 15) is 0 Å². The zero-order chi connectivity index (χ0) is 15.5. The van der Waals surface area contributed by atoms with Gasteiger partial charge in [0.05, 0.1) is 63.1 Å². The van der Waals surface area contributed by atoms with Crippen molar-refractivity contribution >= 4 is 0 Å². The second kappa shape index (κ2) is 7.45. The minimum absolute atomic E-state index is 0.104. The molecular formula is C18H26O5. The third kappa shape index (κ3) is 6.36. The Morgan fingerprint density at radius 3 is 1.43 bits per heavy atom. The van der Waals surface area contributed by atoms with Gasteiger partial charge in [0.2, 0.25) is 0 Å². The Morgan fingerprint density at radius 2 is 1.09 bits per heavy atom. The van der Waals surface area contributed by atoms with Crippen molar-refractivity contribution in [2.24, 2.45) is 0 Å². The van der Waals surface area contributed by atoms with Gasteiger partial charge in [-0.25, -0.2) is 0 Å². The van der Waals surface area contributed by atoms with E-state index in [1.807, 2.05) is 0 Å². The van der Waals surface area contributed by atoms with E-state index < -0.39 is 0 Å². The summed E-state index contributed by atoms with van der Waals surface area (Å²) >= 11 is 0. The summed E-state index contributed by atoms with van der Waals surface area (Å²) in [5, 5.41) is 0. The molecule has 4 rings (SSSR count). The molecule has 128 valence electrons. The fraction of sp³-hybridized carbons (Fsp3) is 0.778. The molecule has 23 heavy (non-hydrogen) atoms. The van der Waals surface area contributed by atoms with Gasteiger partial charge in [-0.2, -0.15) is 0 Å². The minimum Gasteiger partial charge on any atom is -0.373 e. The largest absolute Gasteiger partial charge is 0.373 e. The highest BCUT2D eigenvalue weighted by Gasteiger charge is 2.31. The SMILES string of the molecule is C(=CC(CC1CO1)OC(C=CCC1CO1)CC1CO1)CC1CO1. The molecule has 6 atom stereocenters. The van der Waals surface area contributed by atoms with Gasteiger partial charge in [0.1, 0.15) is 0 Å². The molecular weight excluding hydrogens is 296 g/mol. The number of rotatable bonds is 12. The highest BCUT2D eigenvalue weighted by Crippen LogP contribution is 2.25. The van der Waals surface area contributed by atoms with Gasteiger partial charge in [-0.15, -0.1) is 0 Å². The monoisotopic (exact) mass is 322 g/mol. The van der Waals surface area contributed by atoms with Crippen molar-refractivity contribution in [1.82, 2.24) is 0 Å². The van der Waals surface area contributed by atoms with Crippen molar-refractivity contribution in [3.8, 4) is 0 Å². The number of hydrogen-bond donors (Lipinski definition) is 0. The van der Waals surface area contributed by atoms with Crippen molar-refractivity contribution in [3.63, 3.8) is 0 Å². The first-order valence-corrected chi connectivity index (χ1v) is 8.80. The molecule has 0 radical (unpaired) electrons. The fourth-order valence-electron chi connectivity index (χ4n) is 2.68. The maximum absolute atomic E-state index is 6.34. The van der Waals surface area contributed by atoms with Crippen LogP contribution in [0, 0.1) is 0 Å². The predicted molar refractivity (Wildman–Crippen MR) is 84.4 cm³/mol. The van der Waals surface area contributed by atoms with Gasteiger partial charge in [0.25, 0.3) is 0 Å². The summed E-state index contributed by atoms with van der Waals surface area (Å²) in [6, 6.07) is 0. The molecule has 0 saturated carbocycles. The van der Waals surface area contributed by atoms with Crippen LogP contribution in [0.15, 0.2) is 24.3 Å². The summed E-state index contributed by atoms with van der Waals surface area (Å²) in [6.07, 6.45) is 14.4. The molecule has 0 aromatic rings. The third-order valence-electron chi connectivity index (χ3n) is 4.45. The summed E-state index contributed by atoms with van der Waals surface area (Å²) in [5.74, 6) is 0. The number of ether oxygens (including phenoxy) is 5. The Bertz CT molecular complexity index is 393. The van der Waals surface area contributed by atoms with Crippen LogP contribution in [0.25, 0.3) is 0 Å². The highest BCUT2D eigenvalue weighted by molar-refractivity contribution is 5.00. The van der Waals surface area contributed by atoms with Crippen LogP contribution < -0.4 is 0 Å². The van der Waals surface area contributed by atoms with Gasteiger partial charge < -0.3 is 23.7 Å². The first-order chi connectivity index (χ1) is 11.3. The molecule has 0 N–H and O–H groups in total. The van der Waals surface area contributed by atoms with E-state index >= 15 is 0 Å². The van der Waals surface area contributed by atoms with Crippen LogP contribution >= 0.6 is 0 Å². The molecule has 0 aromatic heterocycles. The van der Waals surface area contributed by atoms with Crippen LogP contribution in [-0.4, -0.2) is 63.1 Å². The molecule has 5 nitrogen and oxygen atoms in total. The Balaban J connectivity index is 1.29. The molecule has 4 aliphatic rings. The smallest absolute Gasteiger partial charge is 0.0844 e. The lowest BCUT2D eigenvalue weighted by molar-refractivity contribution is 0.0244. The van der Waals surface area contributed by atoms with Crippen LogP contribution in [0.3, 0.4) is 0 Å². The predicted octanol–water partition coefficient (Wildman–Crippen LogP) is 2.01. The average Bonchev–Trinajstić information content (AvgIpc) is 3.30. The minimum atomic E-state index is 0.104. The first kappa shape index (κ1) is 15.8. The molecule has 0 aromatic carbocycles. The normalized spacial score (nSPS) is 37.2. The van der Waals surface area contributed by atoms with E-state index in [-0.39, 0.29) is 12.2 Å². The Labute approximate surface area is 137 Å². The summed E-state index contributed by atoms with van der Waals surface area (Å²) in [7, 11) is 0. The summed E-state index contributed by atoms with van der Waals surface area (Å²) in [6.45, 7) is 3.53. The van der Waals surface area contributed by atoms with E-state index in [0.29, 0.717) is 24.4 Å². The van der Waals surface area contributed by atoms with Crippen LogP contribution in [0.4, 0.5) is 0 Å². The van der Waals surface area contributed by atoms with Crippen LogP contribution in [0.2, 0.25) is 0 Å². The highest BCUT2D eigenvalue weighted by atomic mass is 16.6. The maximum Gasteiger partial charge on any atom is 0.0844 e. The van der Waals surface area contributed by atoms with E-state index in [1.165, 1.54) is 0 Å². The Hall–Kier alpha value is -0.720. The maximum atomic E-state index is 6.34. The summed E-state index contributed by atoms with van der Waals surface area (Å²) < 4.78 is 27.6. The van der Waals surface area contributed by atoms with Gasteiger partial charge in [0.15, 0.2) is 0 Å². The molecule has 0 spiro atoms. The van der Waals surface area contributed by atoms with Crippen molar-refractivity contribution < 1.29 is 23.7 Å². The molecule has 0 amide bonds. The van der Waals surface area contributed by atoms with E-state index in [4.69, 9.17) is 23.7 Å². The number of hydrogen-bond acceptors (Lipinski definition) is 5. The van der Waals surface area contributed by atoms with Gasteiger partial charge in [-0.3, -0.25) is 0 Å². The van der Waals surface area contributed by atoms with E-state index in [2.05, 4.69) is 24.3 Å². The molecule has 4 fully saturated rings. The lowest BCUT2D eigenvalue weighted by Gasteiger charge is -2.20. The summed E-state index contributed by atoms with van der Waals surface area (Å²) in [4.78, 5) is 0. The molecule has 6 unspecified atom stereocenters. The van der Waals surface area contributed by atoms with Gasteiger partial charge in [-0.05, 0) is 12.8 Å². The Kier molecular flexibility index (Phi) is 5.11. The van der Waals surface area contributed by atoms with Crippen LogP contribution in [0.5, 0.6) is 0 Å². The van der Waals surface area contributed by atoms with Crippen molar-refractivity contribution in [2.45, 2.75) is 62.3 Å². The van der Waals surface area contributed by atoms with Crippen LogP contribution in [0.1, 0.15) is 25.7 Å². The van der Waals surface area contributed by atoms with E-state index in [1.54, 1.807) is 0 Å². The first-order valence-electron chi connectivity index (χ1n) is 8.80. The van der Waals surface area contributed by atoms with Gasteiger partial charge >= 0.3 is 0 Å². The second-order valence-electron chi connectivity index (χ2n) is 6.83. The molecule has 0 aliphatic carbocycles. The fourth-order valence-corrected chi connectivity index (χ4v) is 2.68. The van der Waals surface area contributed by atoms with E-state index in [0.717, 1.165) is 52.1 Å². The quantitative estimate of drug-likeness (QED) is 0.406. The molecule has 5 heteroatoms.